The first-order chi connectivity index (χ1) is 7.74. The predicted molar refractivity (Wildman–Crippen MR) is 60.6 cm³/mol. The Hall–Kier alpha value is -0.850. The molecule has 1 heterocycles. The summed E-state index contributed by atoms with van der Waals surface area (Å²) in [6.45, 7) is 5.31. The summed E-state index contributed by atoms with van der Waals surface area (Å²) in [6, 6.07) is -0.351. The van der Waals surface area contributed by atoms with Crippen LogP contribution in [-0.2, 0) is 9.47 Å². The first kappa shape index (κ1) is 14.2. The molecule has 2 unspecified atom stereocenters. The second-order valence-corrected chi connectivity index (χ2v) is 5.44. The Morgan fingerprint density at radius 3 is 2.76 bits per heavy atom. The fraction of sp³-hybridized carbons (Fsp3) is 0.909. The van der Waals surface area contributed by atoms with Gasteiger partial charge >= 0.3 is 6.09 Å². The van der Waals surface area contributed by atoms with E-state index >= 15 is 0 Å². The molecule has 100 valence electrons. The Labute approximate surface area is 101 Å². The summed E-state index contributed by atoms with van der Waals surface area (Å²) < 4.78 is 10.2. The van der Waals surface area contributed by atoms with Gasteiger partial charge in [0.2, 0.25) is 0 Å². The Bertz CT molecular complexity index is 276. The summed E-state index contributed by atoms with van der Waals surface area (Å²) in [5.74, 6) is 0. The molecule has 1 amide bonds. The Morgan fingerprint density at radius 2 is 2.24 bits per heavy atom. The zero-order valence-electron chi connectivity index (χ0n) is 10.5. The number of alkyl carbamates (subject to hydrolysis) is 1. The number of aliphatic hydroxyl groups excluding tert-OH is 1. The topological polar surface area (TPSA) is 88.0 Å². The first-order valence-electron chi connectivity index (χ1n) is 5.65. The lowest BCUT2D eigenvalue weighted by molar-refractivity contribution is -0.121. The summed E-state index contributed by atoms with van der Waals surface area (Å²) in [5.41, 5.74) is -1.84. The lowest BCUT2D eigenvalue weighted by atomic mass is 9.94. The van der Waals surface area contributed by atoms with Gasteiger partial charge in [-0.25, -0.2) is 4.79 Å². The number of carbonyl (C=O) groups excluding carboxylic acids is 1. The first-order valence-corrected chi connectivity index (χ1v) is 5.65. The highest BCUT2D eigenvalue weighted by Crippen LogP contribution is 2.19. The third-order valence-corrected chi connectivity index (χ3v) is 2.33. The molecule has 0 aromatic heterocycles. The summed E-state index contributed by atoms with van der Waals surface area (Å²) in [6.07, 6.45) is -0.295. The van der Waals surface area contributed by atoms with Gasteiger partial charge in [-0.2, -0.15) is 0 Å². The van der Waals surface area contributed by atoms with E-state index in [1.165, 1.54) is 0 Å². The van der Waals surface area contributed by atoms with E-state index < -0.39 is 17.3 Å². The Morgan fingerprint density at radius 1 is 1.59 bits per heavy atom. The van der Waals surface area contributed by atoms with Crippen LogP contribution in [0.15, 0.2) is 0 Å². The zero-order chi connectivity index (χ0) is 13.1. The molecule has 17 heavy (non-hydrogen) atoms. The van der Waals surface area contributed by atoms with Gasteiger partial charge in [0.05, 0.1) is 25.9 Å². The third kappa shape index (κ3) is 4.89. The minimum absolute atomic E-state index is 0.0794. The predicted octanol–water partition coefficient (Wildman–Crippen LogP) is 0.0234. The molecule has 0 aliphatic carbocycles. The maximum Gasteiger partial charge on any atom is 0.407 e. The van der Waals surface area contributed by atoms with E-state index in [2.05, 4.69) is 5.32 Å². The summed E-state index contributed by atoms with van der Waals surface area (Å²) in [7, 11) is 0. The molecule has 3 N–H and O–H groups in total. The maximum atomic E-state index is 11.5. The van der Waals surface area contributed by atoms with E-state index in [1.807, 2.05) is 0 Å². The lowest BCUT2D eigenvalue weighted by Crippen LogP contribution is -2.53. The molecule has 0 bridgehead atoms. The fourth-order valence-electron chi connectivity index (χ4n) is 1.64. The number of amides is 1. The monoisotopic (exact) mass is 247 g/mol. The molecule has 0 aromatic rings. The van der Waals surface area contributed by atoms with Gasteiger partial charge < -0.3 is 25.0 Å². The highest BCUT2D eigenvalue weighted by molar-refractivity contribution is 5.68. The van der Waals surface area contributed by atoms with Crippen LogP contribution in [0, 0.1) is 0 Å². The molecule has 1 rings (SSSR count). The third-order valence-electron chi connectivity index (χ3n) is 2.33. The van der Waals surface area contributed by atoms with Gasteiger partial charge in [0.25, 0.3) is 0 Å². The van der Waals surface area contributed by atoms with Crippen LogP contribution in [-0.4, -0.2) is 53.4 Å². The molecule has 0 aromatic carbocycles. The Kier molecular flexibility index (Phi) is 4.35. The van der Waals surface area contributed by atoms with E-state index in [0.717, 1.165) is 0 Å². The number of hydrogen-bond acceptors (Lipinski definition) is 5. The highest BCUT2D eigenvalue weighted by atomic mass is 16.6. The van der Waals surface area contributed by atoms with E-state index in [-0.39, 0.29) is 25.7 Å². The van der Waals surface area contributed by atoms with Crippen molar-refractivity contribution < 1.29 is 24.5 Å². The van der Waals surface area contributed by atoms with Crippen LogP contribution < -0.4 is 5.32 Å². The molecule has 1 aliphatic heterocycles. The Balaban J connectivity index is 2.44. The van der Waals surface area contributed by atoms with Crippen LogP contribution in [0.3, 0.4) is 0 Å². The van der Waals surface area contributed by atoms with Gasteiger partial charge in [-0.05, 0) is 20.8 Å². The number of rotatable bonds is 2. The average Bonchev–Trinajstić information content (AvgIpc) is 2.14. The van der Waals surface area contributed by atoms with E-state index in [0.29, 0.717) is 6.61 Å². The van der Waals surface area contributed by atoms with Crippen LogP contribution in [0.25, 0.3) is 0 Å². The second kappa shape index (κ2) is 5.20. The van der Waals surface area contributed by atoms with Crippen LogP contribution in [0.1, 0.15) is 27.2 Å². The largest absolute Gasteiger partial charge is 0.444 e. The molecular formula is C11H21NO5. The molecular weight excluding hydrogens is 226 g/mol. The zero-order valence-corrected chi connectivity index (χ0v) is 10.5. The van der Waals surface area contributed by atoms with E-state index in [9.17, 15) is 9.90 Å². The molecule has 0 radical (unpaired) electrons. The van der Waals surface area contributed by atoms with Crippen LogP contribution in [0.5, 0.6) is 0 Å². The van der Waals surface area contributed by atoms with Crippen molar-refractivity contribution in [1.29, 1.82) is 0 Å². The quantitative estimate of drug-likeness (QED) is 0.640. The van der Waals surface area contributed by atoms with Crippen LogP contribution >= 0.6 is 0 Å². The summed E-state index contributed by atoms with van der Waals surface area (Å²) in [5, 5.41) is 21.5. The average molecular weight is 247 g/mol. The summed E-state index contributed by atoms with van der Waals surface area (Å²) in [4.78, 5) is 11.5. The van der Waals surface area contributed by atoms with Gasteiger partial charge in [0.1, 0.15) is 11.2 Å². The number of carbonyl (C=O) groups is 1. The van der Waals surface area contributed by atoms with E-state index in [4.69, 9.17) is 14.6 Å². The summed E-state index contributed by atoms with van der Waals surface area (Å²) >= 11 is 0. The standard InChI is InChI=1S/C11H21NO5/c1-10(2,3)17-9(14)12-8-4-11(15,6-13)7-16-5-8/h8,13,15H,4-7H2,1-3H3,(H,12,14). The number of ether oxygens (including phenoxy) is 2. The van der Waals surface area contributed by atoms with Gasteiger partial charge in [-0.15, -0.1) is 0 Å². The smallest absolute Gasteiger partial charge is 0.407 e. The van der Waals surface area contributed by atoms with Crippen molar-refractivity contribution in [3.63, 3.8) is 0 Å². The lowest BCUT2D eigenvalue weighted by Gasteiger charge is -2.35. The molecule has 6 nitrogen and oxygen atoms in total. The minimum atomic E-state index is -1.28. The van der Waals surface area contributed by atoms with Crippen LogP contribution in [0.4, 0.5) is 4.79 Å². The molecule has 0 saturated carbocycles. The van der Waals surface area contributed by atoms with Gasteiger partial charge in [0.15, 0.2) is 0 Å². The molecule has 2 atom stereocenters. The van der Waals surface area contributed by atoms with Crippen molar-refractivity contribution in [2.75, 3.05) is 19.8 Å². The van der Waals surface area contributed by atoms with Crippen molar-refractivity contribution in [2.45, 2.75) is 44.4 Å². The molecule has 6 heteroatoms. The number of aliphatic hydroxyl groups is 2. The maximum absolute atomic E-state index is 11.5. The molecule has 1 fully saturated rings. The number of nitrogens with one attached hydrogen (secondary N) is 1. The van der Waals surface area contributed by atoms with Gasteiger partial charge in [-0.3, -0.25) is 0 Å². The van der Waals surface area contributed by atoms with Gasteiger partial charge in [-0.1, -0.05) is 0 Å². The van der Waals surface area contributed by atoms with Crippen molar-refractivity contribution in [3.05, 3.63) is 0 Å². The van der Waals surface area contributed by atoms with Crippen LogP contribution in [0.2, 0.25) is 0 Å². The van der Waals surface area contributed by atoms with Crippen molar-refractivity contribution in [1.82, 2.24) is 5.32 Å². The molecule has 1 aliphatic rings. The normalized spacial score (nSPS) is 29.8. The minimum Gasteiger partial charge on any atom is -0.444 e. The highest BCUT2D eigenvalue weighted by Gasteiger charge is 2.35. The van der Waals surface area contributed by atoms with Crippen molar-refractivity contribution >= 4 is 6.09 Å². The second-order valence-electron chi connectivity index (χ2n) is 5.44. The number of hydrogen-bond donors (Lipinski definition) is 3. The molecule has 0 spiro atoms. The van der Waals surface area contributed by atoms with Crippen molar-refractivity contribution in [2.24, 2.45) is 0 Å². The van der Waals surface area contributed by atoms with Gasteiger partial charge in [0, 0.05) is 6.42 Å². The molecule has 1 saturated heterocycles. The van der Waals surface area contributed by atoms with Crippen molar-refractivity contribution in [3.8, 4) is 0 Å². The SMILES string of the molecule is CC(C)(C)OC(=O)NC1COCC(O)(CO)C1. The fourth-order valence-corrected chi connectivity index (χ4v) is 1.64. The van der Waals surface area contributed by atoms with E-state index in [1.54, 1.807) is 20.8 Å².